The highest BCUT2D eigenvalue weighted by Crippen LogP contribution is 2.26. The van der Waals surface area contributed by atoms with E-state index in [1.54, 1.807) is 4.40 Å². The molecule has 3 rings (SSSR count). The Balaban J connectivity index is 1.87. The first-order valence-corrected chi connectivity index (χ1v) is 7.00. The molecule has 1 fully saturated rings. The summed E-state index contributed by atoms with van der Waals surface area (Å²) < 4.78 is 1.80. The van der Waals surface area contributed by atoms with E-state index in [4.69, 9.17) is 0 Å². The second-order valence-electron chi connectivity index (χ2n) is 4.63. The van der Waals surface area contributed by atoms with Crippen molar-refractivity contribution in [2.45, 2.75) is 19.4 Å². The number of rotatable bonds is 3. The summed E-state index contributed by atoms with van der Waals surface area (Å²) in [5.74, 6) is 0.697. The molecule has 1 saturated heterocycles. The third kappa shape index (κ3) is 2.10. The van der Waals surface area contributed by atoms with Crippen molar-refractivity contribution in [1.29, 1.82) is 0 Å². The molecule has 1 N–H and O–H groups in total. The van der Waals surface area contributed by atoms with Gasteiger partial charge in [-0.25, -0.2) is 4.98 Å². The zero-order valence-corrected chi connectivity index (χ0v) is 11.3. The molecule has 7 heteroatoms. The first-order valence-electron chi connectivity index (χ1n) is 6.12. The molecule has 1 amide bonds. The standard InChI is InChI=1S/C12H14N4O2S/c1-8(18)13-9-2-3-15(6-9)11-10(7-17)16-4-5-19-12(16)14-11/h4-5,7,9H,2-3,6H2,1H3,(H,13,18). The summed E-state index contributed by atoms with van der Waals surface area (Å²) >= 11 is 1.50. The number of hydrogen-bond donors (Lipinski definition) is 1. The number of aromatic nitrogens is 2. The average molecular weight is 278 g/mol. The molecule has 2 aromatic heterocycles. The predicted octanol–water partition coefficient (Wildman–Crippen LogP) is 0.923. The van der Waals surface area contributed by atoms with Gasteiger partial charge in [-0.2, -0.15) is 0 Å². The van der Waals surface area contributed by atoms with Gasteiger partial charge in [0.15, 0.2) is 17.1 Å². The molecule has 100 valence electrons. The van der Waals surface area contributed by atoms with Gasteiger partial charge in [0.05, 0.1) is 0 Å². The molecule has 0 aliphatic carbocycles. The molecular formula is C12H14N4O2S. The third-order valence-corrected chi connectivity index (χ3v) is 4.04. The summed E-state index contributed by atoms with van der Waals surface area (Å²) in [4.78, 5) is 29.7. The molecule has 0 radical (unpaired) electrons. The maximum atomic E-state index is 11.3. The maximum absolute atomic E-state index is 11.3. The van der Waals surface area contributed by atoms with Crippen LogP contribution < -0.4 is 10.2 Å². The van der Waals surface area contributed by atoms with Crippen LogP contribution in [0.2, 0.25) is 0 Å². The van der Waals surface area contributed by atoms with E-state index in [-0.39, 0.29) is 11.9 Å². The van der Waals surface area contributed by atoms with Crippen molar-refractivity contribution < 1.29 is 9.59 Å². The molecule has 3 heterocycles. The lowest BCUT2D eigenvalue weighted by atomic mass is 10.2. The van der Waals surface area contributed by atoms with Gasteiger partial charge in [0.25, 0.3) is 0 Å². The number of nitrogens with one attached hydrogen (secondary N) is 1. The predicted molar refractivity (Wildman–Crippen MR) is 72.9 cm³/mol. The molecule has 1 aliphatic heterocycles. The lowest BCUT2D eigenvalue weighted by Crippen LogP contribution is -2.35. The van der Waals surface area contributed by atoms with Crippen LogP contribution in [0, 0.1) is 0 Å². The number of carbonyl (C=O) groups is 2. The SMILES string of the molecule is CC(=O)NC1CCN(c2nc3sccn3c2C=O)C1. The monoisotopic (exact) mass is 278 g/mol. The summed E-state index contributed by atoms with van der Waals surface area (Å²) in [6, 6.07) is 0.136. The summed E-state index contributed by atoms with van der Waals surface area (Å²) in [6.45, 7) is 3.02. The van der Waals surface area contributed by atoms with Crippen LogP contribution in [0.1, 0.15) is 23.8 Å². The Kier molecular flexibility index (Phi) is 2.98. The Hall–Kier alpha value is -1.89. The van der Waals surface area contributed by atoms with Crippen LogP contribution in [-0.4, -0.2) is 40.7 Å². The number of nitrogens with zero attached hydrogens (tertiary/aromatic N) is 3. The minimum atomic E-state index is -0.0201. The highest BCUT2D eigenvalue weighted by Gasteiger charge is 2.27. The normalized spacial score (nSPS) is 19.0. The number of carbonyl (C=O) groups excluding carboxylic acids is 2. The lowest BCUT2D eigenvalue weighted by Gasteiger charge is -2.16. The van der Waals surface area contributed by atoms with Crippen LogP contribution in [0.25, 0.3) is 4.96 Å². The third-order valence-electron chi connectivity index (χ3n) is 3.29. The topological polar surface area (TPSA) is 66.7 Å². The molecule has 19 heavy (non-hydrogen) atoms. The van der Waals surface area contributed by atoms with E-state index in [9.17, 15) is 9.59 Å². The smallest absolute Gasteiger partial charge is 0.217 e. The van der Waals surface area contributed by atoms with Crippen LogP contribution in [0.3, 0.4) is 0 Å². The fraction of sp³-hybridized carbons (Fsp3) is 0.417. The zero-order valence-electron chi connectivity index (χ0n) is 10.5. The van der Waals surface area contributed by atoms with Crippen molar-refractivity contribution in [2.75, 3.05) is 18.0 Å². The second-order valence-corrected chi connectivity index (χ2v) is 5.50. The van der Waals surface area contributed by atoms with Gasteiger partial charge in [-0.05, 0) is 6.42 Å². The van der Waals surface area contributed by atoms with Gasteiger partial charge < -0.3 is 10.2 Å². The van der Waals surface area contributed by atoms with Gasteiger partial charge in [0.1, 0.15) is 5.69 Å². The van der Waals surface area contributed by atoms with Gasteiger partial charge in [-0.15, -0.1) is 11.3 Å². The molecule has 0 bridgehead atoms. The highest BCUT2D eigenvalue weighted by molar-refractivity contribution is 7.15. The Morgan fingerprint density at radius 3 is 3.21 bits per heavy atom. The van der Waals surface area contributed by atoms with Crippen molar-refractivity contribution in [2.24, 2.45) is 0 Å². The number of amides is 1. The van der Waals surface area contributed by atoms with Gasteiger partial charge in [-0.3, -0.25) is 14.0 Å². The number of thiazole rings is 1. The van der Waals surface area contributed by atoms with Crippen molar-refractivity contribution in [3.63, 3.8) is 0 Å². The number of fused-ring (bicyclic) bond motifs is 1. The summed E-state index contributed by atoms with van der Waals surface area (Å²) in [7, 11) is 0. The van der Waals surface area contributed by atoms with E-state index >= 15 is 0 Å². The van der Waals surface area contributed by atoms with Gasteiger partial charge in [-0.1, -0.05) is 0 Å². The molecular weight excluding hydrogens is 264 g/mol. The molecule has 6 nitrogen and oxygen atoms in total. The first-order chi connectivity index (χ1) is 9.19. The molecule has 1 atom stereocenters. The van der Waals surface area contributed by atoms with E-state index in [1.165, 1.54) is 18.3 Å². The Labute approximate surface area is 114 Å². The zero-order chi connectivity index (χ0) is 13.4. The molecule has 1 unspecified atom stereocenters. The fourth-order valence-corrected chi connectivity index (χ4v) is 3.21. The van der Waals surface area contributed by atoms with E-state index in [1.807, 2.05) is 11.6 Å². The summed E-state index contributed by atoms with van der Waals surface area (Å²) in [6.07, 6.45) is 3.57. The quantitative estimate of drug-likeness (QED) is 0.848. The van der Waals surface area contributed by atoms with Crippen LogP contribution in [0.4, 0.5) is 5.82 Å². The minimum absolute atomic E-state index is 0.0201. The number of aldehydes is 1. The maximum Gasteiger partial charge on any atom is 0.217 e. The minimum Gasteiger partial charge on any atom is -0.353 e. The molecule has 1 aliphatic rings. The highest BCUT2D eigenvalue weighted by atomic mass is 32.1. The Bertz CT molecular complexity index is 633. The van der Waals surface area contributed by atoms with E-state index in [0.717, 1.165) is 30.0 Å². The lowest BCUT2D eigenvalue weighted by molar-refractivity contribution is -0.119. The average Bonchev–Trinajstić information content (AvgIpc) is 3.00. The van der Waals surface area contributed by atoms with E-state index in [2.05, 4.69) is 15.2 Å². The van der Waals surface area contributed by atoms with Gasteiger partial charge >= 0.3 is 0 Å². The van der Waals surface area contributed by atoms with Crippen molar-refractivity contribution >= 4 is 34.3 Å². The Morgan fingerprint density at radius 2 is 2.47 bits per heavy atom. The molecule has 0 aromatic carbocycles. The van der Waals surface area contributed by atoms with Crippen molar-refractivity contribution in [1.82, 2.24) is 14.7 Å². The van der Waals surface area contributed by atoms with Crippen molar-refractivity contribution in [3.8, 4) is 0 Å². The molecule has 2 aromatic rings. The molecule has 0 spiro atoms. The Morgan fingerprint density at radius 1 is 1.63 bits per heavy atom. The largest absolute Gasteiger partial charge is 0.353 e. The van der Waals surface area contributed by atoms with E-state index < -0.39 is 0 Å². The summed E-state index contributed by atoms with van der Waals surface area (Å²) in [5, 5.41) is 4.81. The molecule has 0 saturated carbocycles. The van der Waals surface area contributed by atoms with Gasteiger partial charge in [0, 0.05) is 37.6 Å². The van der Waals surface area contributed by atoms with Crippen molar-refractivity contribution in [3.05, 3.63) is 17.3 Å². The van der Waals surface area contributed by atoms with Crippen LogP contribution in [-0.2, 0) is 4.79 Å². The van der Waals surface area contributed by atoms with Crippen LogP contribution in [0.5, 0.6) is 0 Å². The fourth-order valence-electron chi connectivity index (χ4n) is 2.49. The number of hydrogen-bond acceptors (Lipinski definition) is 5. The summed E-state index contributed by atoms with van der Waals surface area (Å²) in [5.41, 5.74) is 0.583. The number of imidazole rings is 1. The first kappa shape index (κ1) is 12.2. The van der Waals surface area contributed by atoms with E-state index in [0.29, 0.717) is 12.2 Å². The van der Waals surface area contributed by atoms with Crippen LogP contribution in [0.15, 0.2) is 11.6 Å². The second kappa shape index (κ2) is 4.65. The van der Waals surface area contributed by atoms with Crippen LogP contribution >= 0.6 is 11.3 Å². The van der Waals surface area contributed by atoms with Gasteiger partial charge in [0.2, 0.25) is 5.91 Å². The number of anilines is 1.